The minimum Gasteiger partial charge on any atom is -0.491 e. The zero-order valence-corrected chi connectivity index (χ0v) is 19.0. The zero-order chi connectivity index (χ0) is 22.4. The topological polar surface area (TPSA) is 78.8 Å². The van der Waals surface area contributed by atoms with Crippen LogP contribution in [-0.4, -0.2) is 41.0 Å². The lowest BCUT2D eigenvalue weighted by atomic mass is 9.88. The van der Waals surface area contributed by atoms with E-state index in [1.54, 1.807) is 18.2 Å². The Morgan fingerprint density at radius 1 is 1.23 bits per heavy atom. The van der Waals surface area contributed by atoms with E-state index in [0.717, 1.165) is 24.8 Å². The van der Waals surface area contributed by atoms with Gasteiger partial charge >= 0.3 is 5.97 Å². The number of hydrogen-bond donors (Lipinski definition) is 3. The molecule has 0 spiro atoms. The second-order valence-electron chi connectivity index (χ2n) is 9.12. The maximum absolute atomic E-state index is 10.8. The van der Waals surface area contributed by atoms with Crippen molar-refractivity contribution >= 4 is 17.6 Å². The van der Waals surface area contributed by atoms with E-state index in [1.165, 1.54) is 11.1 Å². The largest absolute Gasteiger partial charge is 0.491 e. The van der Waals surface area contributed by atoms with Gasteiger partial charge in [-0.1, -0.05) is 35.9 Å². The molecule has 0 fully saturated rings. The highest BCUT2D eigenvalue weighted by molar-refractivity contribution is 6.31. The molecule has 3 N–H and O–H groups in total. The minimum absolute atomic E-state index is 0.0108. The summed E-state index contributed by atoms with van der Waals surface area (Å²) in [6.45, 7) is 4.94. The van der Waals surface area contributed by atoms with Crippen LogP contribution in [0.15, 0.2) is 42.5 Å². The van der Waals surface area contributed by atoms with E-state index < -0.39 is 12.1 Å². The van der Waals surface area contributed by atoms with Gasteiger partial charge in [-0.15, -0.1) is 0 Å². The number of carboxylic acid groups (broad SMARTS) is 1. The molecule has 168 valence electrons. The van der Waals surface area contributed by atoms with E-state index in [2.05, 4.69) is 43.4 Å². The molecule has 1 aliphatic carbocycles. The van der Waals surface area contributed by atoms with Gasteiger partial charge in [0.25, 0.3) is 0 Å². The van der Waals surface area contributed by atoms with Crippen molar-refractivity contribution < 1.29 is 19.7 Å². The van der Waals surface area contributed by atoms with Gasteiger partial charge in [0, 0.05) is 23.5 Å². The number of aliphatic hydroxyl groups excluding tert-OH is 1. The fraction of sp³-hybridized carbons (Fsp3) is 0.480. The van der Waals surface area contributed by atoms with Gasteiger partial charge in [0.15, 0.2) is 0 Å². The van der Waals surface area contributed by atoms with Crippen molar-refractivity contribution in [3.05, 3.63) is 64.2 Å². The number of halogens is 1. The van der Waals surface area contributed by atoms with E-state index in [0.29, 0.717) is 29.7 Å². The standard InChI is InChI=1S/C25H32ClNO4/c1-25(2,14-17-11-18-5-3-4-6-19(18)12-17)27-15-21(28)16-31-22-8-9-23(26)20(13-22)7-10-24(29)30/h3-6,8-9,13,17,21,27-28H,7,10-12,14-16H2,1-2H3,(H,29,30)/t21-/m0/s1. The summed E-state index contributed by atoms with van der Waals surface area (Å²) in [6, 6.07) is 13.8. The second kappa shape index (κ2) is 10.5. The number of benzene rings is 2. The number of aliphatic carboxylic acids is 1. The number of carbonyl (C=O) groups is 1. The lowest BCUT2D eigenvalue weighted by Gasteiger charge is -2.30. The summed E-state index contributed by atoms with van der Waals surface area (Å²) in [5, 5.41) is 23.2. The first kappa shape index (κ1) is 23.6. The number of hydrogen-bond acceptors (Lipinski definition) is 4. The maximum Gasteiger partial charge on any atom is 0.303 e. The van der Waals surface area contributed by atoms with Crippen molar-refractivity contribution in [2.75, 3.05) is 13.2 Å². The average Bonchev–Trinajstić information content (AvgIpc) is 3.12. The van der Waals surface area contributed by atoms with E-state index in [-0.39, 0.29) is 18.6 Å². The van der Waals surface area contributed by atoms with Crippen LogP contribution in [0.1, 0.15) is 43.4 Å². The number of nitrogens with one attached hydrogen (secondary N) is 1. The number of β-amino-alcohol motifs (C(OH)–C–C–N with tert-alkyl or cyclic N) is 1. The van der Waals surface area contributed by atoms with Gasteiger partial charge in [-0.2, -0.15) is 0 Å². The van der Waals surface area contributed by atoms with Crippen LogP contribution in [0.4, 0.5) is 0 Å². The van der Waals surface area contributed by atoms with Gasteiger partial charge in [-0.05, 0) is 80.3 Å². The molecule has 1 aliphatic rings. The Bertz CT molecular complexity index is 874. The fourth-order valence-corrected chi connectivity index (χ4v) is 4.52. The van der Waals surface area contributed by atoms with Crippen LogP contribution in [0.25, 0.3) is 0 Å². The molecule has 2 aromatic carbocycles. The van der Waals surface area contributed by atoms with E-state index in [1.807, 2.05) is 0 Å². The van der Waals surface area contributed by atoms with Crippen molar-refractivity contribution in [2.45, 2.75) is 57.6 Å². The van der Waals surface area contributed by atoms with Crippen LogP contribution in [0.5, 0.6) is 5.75 Å². The van der Waals surface area contributed by atoms with Crippen molar-refractivity contribution in [1.82, 2.24) is 5.32 Å². The van der Waals surface area contributed by atoms with Gasteiger partial charge in [0.2, 0.25) is 0 Å². The van der Waals surface area contributed by atoms with Crippen molar-refractivity contribution in [3.8, 4) is 5.75 Å². The van der Waals surface area contributed by atoms with Crippen molar-refractivity contribution in [1.29, 1.82) is 0 Å². The molecule has 0 saturated heterocycles. The number of rotatable bonds is 11. The SMILES string of the molecule is CC(C)(CC1Cc2ccccc2C1)NC[C@H](O)COc1ccc(Cl)c(CCC(=O)O)c1. The fourth-order valence-electron chi connectivity index (χ4n) is 4.31. The number of carboxylic acids is 1. The summed E-state index contributed by atoms with van der Waals surface area (Å²) in [5.74, 6) is 0.325. The number of ether oxygens (including phenoxy) is 1. The van der Waals surface area contributed by atoms with Crippen LogP contribution in [0, 0.1) is 5.92 Å². The molecule has 0 radical (unpaired) electrons. The molecule has 5 nitrogen and oxygen atoms in total. The highest BCUT2D eigenvalue weighted by atomic mass is 35.5. The van der Waals surface area contributed by atoms with E-state index >= 15 is 0 Å². The molecule has 3 rings (SSSR count). The first-order valence-corrected chi connectivity index (χ1v) is 11.2. The van der Waals surface area contributed by atoms with Crippen LogP contribution in [0.2, 0.25) is 5.02 Å². The summed E-state index contributed by atoms with van der Waals surface area (Å²) in [7, 11) is 0. The summed E-state index contributed by atoms with van der Waals surface area (Å²) in [5.41, 5.74) is 3.57. The second-order valence-corrected chi connectivity index (χ2v) is 9.53. The van der Waals surface area contributed by atoms with Crippen LogP contribution < -0.4 is 10.1 Å². The zero-order valence-electron chi connectivity index (χ0n) is 18.2. The summed E-state index contributed by atoms with van der Waals surface area (Å²) >= 11 is 6.13. The molecule has 6 heteroatoms. The Balaban J connectivity index is 1.43. The smallest absolute Gasteiger partial charge is 0.303 e. The quantitative estimate of drug-likeness (QED) is 0.481. The highest BCUT2D eigenvalue weighted by Crippen LogP contribution is 2.32. The predicted octanol–water partition coefficient (Wildman–Crippen LogP) is 4.27. The monoisotopic (exact) mass is 445 g/mol. The first-order valence-electron chi connectivity index (χ1n) is 10.8. The summed E-state index contributed by atoms with van der Waals surface area (Å²) < 4.78 is 5.72. The lowest BCUT2D eigenvalue weighted by Crippen LogP contribution is -2.46. The Morgan fingerprint density at radius 2 is 1.90 bits per heavy atom. The molecule has 0 aliphatic heterocycles. The third kappa shape index (κ3) is 7.23. The van der Waals surface area contributed by atoms with Gasteiger partial charge in [-0.25, -0.2) is 0 Å². The first-order chi connectivity index (χ1) is 14.7. The molecule has 31 heavy (non-hydrogen) atoms. The maximum atomic E-state index is 10.8. The Labute approximate surface area is 189 Å². The summed E-state index contributed by atoms with van der Waals surface area (Å²) in [4.78, 5) is 10.8. The summed E-state index contributed by atoms with van der Waals surface area (Å²) in [6.07, 6.45) is 2.98. The van der Waals surface area contributed by atoms with E-state index in [4.69, 9.17) is 21.4 Å². The van der Waals surface area contributed by atoms with Crippen LogP contribution in [0.3, 0.4) is 0 Å². The molecule has 0 unspecified atom stereocenters. The number of aliphatic hydroxyl groups is 1. The van der Waals surface area contributed by atoms with E-state index in [9.17, 15) is 9.90 Å². The molecule has 0 bridgehead atoms. The van der Waals surface area contributed by atoms with Gasteiger partial charge in [-0.3, -0.25) is 4.79 Å². The normalized spacial score (nSPS) is 15.0. The van der Waals surface area contributed by atoms with Crippen molar-refractivity contribution in [2.24, 2.45) is 5.92 Å². The van der Waals surface area contributed by atoms with Crippen LogP contribution >= 0.6 is 11.6 Å². The number of aryl methyl sites for hydroxylation is 1. The molecule has 2 aromatic rings. The molecule has 0 heterocycles. The van der Waals surface area contributed by atoms with Gasteiger partial charge < -0.3 is 20.3 Å². The molecular formula is C25H32ClNO4. The predicted molar refractivity (Wildman–Crippen MR) is 123 cm³/mol. The molecular weight excluding hydrogens is 414 g/mol. The molecule has 0 amide bonds. The van der Waals surface area contributed by atoms with Crippen LogP contribution in [-0.2, 0) is 24.1 Å². The third-order valence-electron chi connectivity index (χ3n) is 5.82. The minimum atomic E-state index is -0.868. The average molecular weight is 446 g/mol. The Hall–Kier alpha value is -2.08. The Kier molecular flexibility index (Phi) is 7.98. The van der Waals surface area contributed by atoms with Gasteiger partial charge in [0.05, 0.1) is 0 Å². The van der Waals surface area contributed by atoms with Gasteiger partial charge in [0.1, 0.15) is 18.5 Å². The third-order valence-corrected chi connectivity index (χ3v) is 6.19. The highest BCUT2D eigenvalue weighted by Gasteiger charge is 2.28. The number of fused-ring (bicyclic) bond motifs is 1. The lowest BCUT2D eigenvalue weighted by molar-refractivity contribution is -0.136. The van der Waals surface area contributed by atoms with Crippen molar-refractivity contribution in [3.63, 3.8) is 0 Å². The Morgan fingerprint density at radius 3 is 2.55 bits per heavy atom. The molecule has 0 aromatic heterocycles. The molecule has 1 atom stereocenters. The molecule has 0 saturated carbocycles.